The zero-order valence-electron chi connectivity index (χ0n) is 17.1. The van der Waals surface area contributed by atoms with Crippen molar-refractivity contribution in [2.75, 3.05) is 13.1 Å². The lowest BCUT2D eigenvalue weighted by Gasteiger charge is -2.28. The molecule has 2 bridgehead atoms. The topological polar surface area (TPSA) is 66.5 Å². The minimum atomic E-state index is -3.70. The Morgan fingerprint density at radius 3 is 2.48 bits per heavy atom. The van der Waals surface area contributed by atoms with Gasteiger partial charge in [0.1, 0.15) is 4.90 Å². The molecule has 1 heterocycles. The van der Waals surface area contributed by atoms with Gasteiger partial charge >= 0.3 is 0 Å². The van der Waals surface area contributed by atoms with Gasteiger partial charge in [-0.1, -0.05) is 30.9 Å². The molecule has 1 aromatic rings. The average molecular weight is 439 g/mol. The van der Waals surface area contributed by atoms with Crippen molar-refractivity contribution in [2.24, 2.45) is 17.8 Å². The van der Waals surface area contributed by atoms with Crippen molar-refractivity contribution in [3.8, 4) is 0 Å². The summed E-state index contributed by atoms with van der Waals surface area (Å²) in [6, 6.07) is 4.70. The highest BCUT2D eigenvalue weighted by Crippen LogP contribution is 2.49. The number of benzene rings is 1. The number of nitrogens with one attached hydrogen (secondary N) is 1. The number of nitrogens with zero attached hydrogens (tertiary/aromatic N) is 1. The van der Waals surface area contributed by atoms with Crippen LogP contribution in [0.2, 0.25) is 5.02 Å². The van der Waals surface area contributed by atoms with Crippen LogP contribution in [0.4, 0.5) is 0 Å². The lowest BCUT2D eigenvalue weighted by atomic mass is 9.84. The van der Waals surface area contributed by atoms with E-state index >= 15 is 0 Å². The largest absolute Gasteiger partial charge is 0.349 e. The molecule has 3 fully saturated rings. The Morgan fingerprint density at radius 1 is 1.14 bits per heavy atom. The Kier molecular flexibility index (Phi) is 6.24. The number of amides is 1. The second-order valence-corrected chi connectivity index (χ2v) is 11.4. The molecule has 0 aromatic heterocycles. The van der Waals surface area contributed by atoms with Crippen molar-refractivity contribution in [3.63, 3.8) is 0 Å². The van der Waals surface area contributed by atoms with Crippen molar-refractivity contribution in [1.29, 1.82) is 0 Å². The van der Waals surface area contributed by atoms with Gasteiger partial charge in [0.05, 0.1) is 5.02 Å². The van der Waals surface area contributed by atoms with Gasteiger partial charge in [-0.05, 0) is 75.0 Å². The first-order valence-corrected chi connectivity index (χ1v) is 12.8. The van der Waals surface area contributed by atoms with E-state index < -0.39 is 10.0 Å². The number of sulfonamides is 1. The third-order valence-corrected chi connectivity index (χ3v) is 9.55. The van der Waals surface area contributed by atoms with Crippen molar-refractivity contribution >= 4 is 27.5 Å². The molecule has 4 rings (SSSR count). The number of rotatable bonds is 5. The summed E-state index contributed by atoms with van der Waals surface area (Å²) in [5, 5.41) is 3.29. The van der Waals surface area contributed by atoms with Crippen molar-refractivity contribution in [3.05, 3.63) is 28.8 Å². The van der Waals surface area contributed by atoms with Crippen LogP contribution in [-0.4, -0.2) is 37.8 Å². The van der Waals surface area contributed by atoms with Crippen LogP contribution in [0.3, 0.4) is 0 Å². The van der Waals surface area contributed by atoms with Gasteiger partial charge < -0.3 is 5.32 Å². The minimum absolute atomic E-state index is 0.0429. The summed E-state index contributed by atoms with van der Waals surface area (Å²) in [5.74, 6) is 1.86. The van der Waals surface area contributed by atoms with Gasteiger partial charge in [0.15, 0.2) is 0 Å². The number of fused-ring (bicyclic) bond motifs is 2. The molecule has 3 aliphatic rings. The molecule has 7 heteroatoms. The molecule has 160 valence electrons. The van der Waals surface area contributed by atoms with Gasteiger partial charge in [-0.15, -0.1) is 0 Å². The zero-order valence-corrected chi connectivity index (χ0v) is 18.6. The number of halogens is 1. The summed E-state index contributed by atoms with van der Waals surface area (Å²) >= 11 is 6.26. The van der Waals surface area contributed by atoms with E-state index in [2.05, 4.69) is 12.2 Å². The molecule has 0 unspecified atom stereocenters. The fraction of sp³-hybridized carbons (Fsp3) is 0.682. The van der Waals surface area contributed by atoms with Gasteiger partial charge in [-0.25, -0.2) is 8.42 Å². The Morgan fingerprint density at radius 2 is 1.86 bits per heavy atom. The second-order valence-electron chi connectivity index (χ2n) is 9.06. The van der Waals surface area contributed by atoms with E-state index in [0.717, 1.165) is 37.5 Å². The van der Waals surface area contributed by atoms with Crippen LogP contribution < -0.4 is 5.32 Å². The Bertz CT molecular complexity index is 865. The minimum Gasteiger partial charge on any atom is -0.349 e. The van der Waals surface area contributed by atoms with E-state index in [4.69, 9.17) is 11.6 Å². The maximum Gasteiger partial charge on any atom is 0.251 e. The molecule has 1 amide bonds. The summed E-state index contributed by atoms with van der Waals surface area (Å²) in [4.78, 5) is 12.9. The van der Waals surface area contributed by atoms with Crippen molar-refractivity contribution in [2.45, 2.75) is 69.2 Å². The predicted octanol–water partition coefficient (Wildman–Crippen LogP) is 4.46. The Hall–Kier alpha value is -1.11. The number of carbonyl (C=O) groups excluding carboxylic acids is 1. The SMILES string of the molecule is C[C@@H](NC(=O)c1ccc(Cl)c(S(=O)(=O)N2CCCCCC2)c1)[C@H]1C[C@@H]2CC[C@H]1C2. The van der Waals surface area contributed by atoms with E-state index in [1.54, 1.807) is 6.07 Å². The van der Waals surface area contributed by atoms with Crippen LogP contribution in [0.25, 0.3) is 0 Å². The maximum atomic E-state index is 13.2. The van der Waals surface area contributed by atoms with Gasteiger partial charge in [-0.3, -0.25) is 4.79 Å². The second kappa shape index (κ2) is 8.56. The normalized spacial score (nSPS) is 28.8. The van der Waals surface area contributed by atoms with Crippen LogP contribution in [0.1, 0.15) is 68.6 Å². The summed E-state index contributed by atoms with van der Waals surface area (Å²) in [6.07, 6.45) is 8.90. The molecular formula is C22H31ClN2O3S. The molecule has 2 aliphatic carbocycles. The molecule has 1 aromatic carbocycles. The van der Waals surface area contributed by atoms with E-state index in [1.165, 1.54) is 42.1 Å². The lowest BCUT2D eigenvalue weighted by Crippen LogP contribution is -2.40. The monoisotopic (exact) mass is 438 g/mol. The van der Waals surface area contributed by atoms with E-state index in [1.807, 2.05) is 0 Å². The first-order chi connectivity index (χ1) is 13.9. The van der Waals surface area contributed by atoms with Gasteiger partial charge in [0, 0.05) is 24.7 Å². The molecule has 4 atom stereocenters. The van der Waals surface area contributed by atoms with Crippen molar-refractivity contribution < 1.29 is 13.2 Å². The Balaban J connectivity index is 1.50. The van der Waals surface area contributed by atoms with Crippen LogP contribution in [0.5, 0.6) is 0 Å². The summed E-state index contributed by atoms with van der Waals surface area (Å²) in [6.45, 7) is 3.10. The highest BCUT2D eigenvalue weighted by Gasteiger charge is 2.42. The molecule has 1 N–H and O–H groups in total. The van der Waals surface area contributed by atoms with Gasteiger partial charge in [0.25, 0.3) is 5.91 Å². The van der Waals surface area contributed by atoms with E-state index in [0.29, 0.717) is 24.6 Å². The maximum absolute atomic E-state index is 13.2. The van der Waals surface area contributed by atoms with Crippen LogP contribution in [-0.2, 0) is 10.0 Å². The number of carbonyl (C=O) groups is 1. The number of hydrogen-bond donors (Lipinski definition) is 1. The van der Waals surface area contributed by atoms with E-state index in [-0.39, 0.29) is 21.9 Å². The van der Waals surface area contributed by atoms with Crippen LogP contribution in [0, 0.1) is 17.8 Å². The third-order valence-electron chi connectivity index (χ3n) is 7.17. The van der Waals surface area contributed by atoms with Crippen LogP contribution >= 0.6 is 11.6 Å². The molecular weight excluding hydrogens is 408 g/mol. The van der Waals surface area contributed by atoms with Gasteiger partial charge in [-0.2, -0.15) is 4.31 Å². The predicted molar refractivity (Wildman–Crippen MR) is 115 cm³/mol. The first kappa shape index (κ1) is 21.1. The van der Waals surface area contributed by atoms with Crippen LogP contribution in [0.15, 0.2) is 23.1 Å². The first-order valence-electron chi connectivity index (χ1n) is 11.0. The summed E-state index contributed by atoms with van der Waals surface area (Å²) in [7, 11) is -3.70. The zero-order chi connectivity index (χ0) is 20.6. The smallest absolute Gasteiger partial charge is 0.251 e. The average Bonchev–Trinajstić information content (AvgIpc) is 3.22. The molecule has 2 saturated carbocycles. The Labute approximate surface area is 179 Å². The summed E-state index contributed by atoms with van der Waals surface area (Å²) in [5.41, 5.74) is 0.359. The lowest BCUT2D eigenvalue weighted by molar-refractivity contribution is 0.0915. The fourth-order valence-corrected chi connectivity index (χ4v) is 7.58. The molecule has 1 saturated heterocycles. The molecule has 0 radical (unpaired) electrons. The fourth-order valence-electron chi connectivity index (χ4n) is 5.57. The third kappa shape index (κ3) is 4.35. The van der Waals surface area contributed by atoms with Crippen molar-refractivity contribution in [1.82, 2.24) is 9.62 Å². The molecule has 29 heavy (non-hydrogen) atoms. The molecule has 5 nitrogen and oxygen atoms in total. The highest BCUT2D eigenvalue weighted by atomic mass is 35.5. The highest BCUT2D eigenvalue weighted by molar-refractivity contribution is 7.89. The summed E-state index contributed by atoms with van der Waals surface area (Å²) < 4.78 is 27.8. The van der Waals surface area contributed by atoms with Gasteiger partial charge in [0.2, 0.25) is 10.0 Å². The standard InChI is InChI=1S/C22H31ClN2O3S/c1-15(19-13-16-6-7-17(19)12-16)24-22(26)18-8-9-20(23)21(14-18)29(27,28)25-10-4-2-3-5-11-25/h8-9,14-17,19H,2-7,10-13H2,1H3,(H,24,26)/t15-,16-,17+,19-/m1/s1. The molecule has 0 spiro atoms. The molecule has 1 aliphatic heterocycles. The van der Waals surface area contributed by atoms with E-state index in [9.17, 15) is 13.2 Å². The number of hydrogen-bond acceptors (Lipinski definition) is 3. The quantitative estimate of drug-likeness (QED) is 0.737.